The van der Waals surface area contributed by atoms with Crippen LogP contribution in [-0.4, -0.2) is 42.8 Å². The molecule has 4 rings (SSSR count). The average Bonchev–Trinajstić information content (AvgIpc) is 3.52. The van der Waals surface area contributed by atoms with Crippen LogP contribution in [0.25, 0.3) is 0 Å². The SMILES string of the molecule is Cc1ccc(NC(=O)c2c3c(cn2C)S(=O)(=O)N[C@H]([C@H](O)C#CC2CC2)CO3)cc1C#N. The molecule has 1 saturated carbocycles. The first-order chi connectivity index (χ1) is 15.2. The van der Waals surface area contributed by atoms with Crippen LogP contribution in [0.15, 0.2) is 29.3 Å². The summed E-state index contributed by atoms with van der Waals surface area (Å²) in [6.07, 6.45) is 2.01. The van der Waals surface area contributed by atoms with E-state index in [2.05, 4.69) is 27.9 Å². The number of aliphatic hydroxyl groups is 1. The molecule has 0 radical (unpaired) electrons. The van der Waals surface area contributed by atoms with Crippen LogP contribution < -0.4 is 14.8 Å². The zero-order valence-electron chi connectivity index (χ0n) is 17.5. The molecular formula is C22H22N4O5S. The molecule has 1 amide bonds. The Balaban J connectivity index is 1.61. The Kier molecular flexibility index (Phi) is 5.70. The molecule has 1 aliphatic carbocycles. The van der Waals surface area contributed by atoms with Crippen LogP contribution in [-0.2, 0) is 17.1 Å². The first-order valence-electron chi connectivity index (χ1n) is 10.1. The van der Waals surface area contributed by atoms with E-state index in [1.807, 2.05) is 0 Å². The Morgan fingerprint density at radius 2 is 2.16 bits per heavy atom. The molecule has 0 saturated heterocycles. The van der Waals surface area contributed by atoms with Crippen molar-refractivity contribution in [3.8, 4) is 23.7 Å². The summed E-state index contributed by atoms with van der Waals surface area (Å²) < 4.78 is 35.3. The standard InChI is InChI=1S/C22H22N4O5S/c1-13-3-7-16(9-15(13)10-23)24-22(28)20-21-19(11-26(20)2)32(29,30)25-17(12-31-21)18(27)8-6-14-4-5-14/h3,7,9,11,14,17-18,25,27H,4-5,12H2,1-2H3,(H,24,28)/t17-,18+/m0/s1. The van der Waals surface area contributed by atoms with E-state index in [0.717, 1.165) is 18.4 Å². The van der Waals surface area contributed by atoms with Crippen molar-refractivity contribution < 1.29 is 23.1 Å². The van der Waals surface area contributed by atoms with Crippen molar-refractivity contribution in [3.05, 3.63) is 41.2 Å². The molecule has 2 aliphatic rings. The summed E-state index contributed by atoms with van der Waals surface area (Å²) in [5.41, 5.74) is 1.59. The molecule has 10 heteroatoms. The minimum Gasteiger partial charge on any atom is -0.488 e. The molecule has 166 valence electrons. The van der Waals surface area contributed by atoms with Gasteiger partial charge in [-0.3, -0.25) is 4.79 Å². The quantitative estimate of drug-likeness (QED) is 0.598. The summed E-state index contributed by atoms with van der Waals surface area (Å²) in [5.74, 6) is 5.16. The van der Waals surface area contributed by atoms with Gasteiger partial charge in [0, 0.05) is 24.8 Å². The van der Waals surface area contributed by atoms with Gasteiger partial charge in [-0.15, -0.1) is 0 Å². The Morgan fingerprint density at radius 1 is 1.41 bits per heavy atom. The van der Waals surface area contributed by atoms with Crippen molar-refractivity contribution in [2.75, 3.05) is 11.9 Å². The number of hydrogen-bond donors (Lipinski definition) is 3. The molecule has 9 nitrogen and oxygen atoms in total. The Bertz CT molecular complexity index is 1290. The minimum absolute atomic E-state index is 0.00339. The number of benzene rings is 1. The van der Waals surface area contributed by atoms with E-state index in [4.69, 9.17) is 4.74 Å². The third-order valence-electron chi connectivity index (χ3n) is 5.33. The third kappa shape index (κ3) is 4.34. The van der Waals surface area contributed by atoms with Crippen molar-refractivity contribution in [2.45, 2.75) is 36.8 Å². The fourth-order valence-electron chi connectivity index (χ4n) is 3.34. The zero-order chi connectivity index (χ0) is 23.0. The molecule has 1 aromatic heterocycles. The maximum absolute atomic E-state index is 13.0. The first kappa shape index (κ1) is 21.9. The summed E-state index contributed by atoms with van der Waals surface area (Å²) in [6, 6.07) is 5.98. The van der Waals surface area contributed by atoms with Crippen molar-refractivity contribution >= 4 is 21.6 Å². The molecular weight excluding hydrogens is 432 g/mol. The van der Waals surface area contributed by atoms with Crippen LogP contribution in [0.4, 0.5) is 5.69 Å². The molecule has 1 aliphatic heterocycles. The van der Waals surface area contributed by atoms with Crippen molar-refractivity contribution in [2.24, 2.45) is 13.0 Å². The second kappa shape index (κ2) is 8.32. The van der Waals surface area contributed by atoms with E-state index < -0.39 is 28.1 Å². The lowest BCUT2D eigenvalue weighted by Gasteiger charge is -2.17. The molecule has 0 bridgehead atoms. The topological polar surface area (TPSA) is 133 Å². The number of aryl methyl sites for hydroxylation is 2. The second-order valence-corrected chi connectivity index (χ2v) is 9.61. The van der Waals surface area contributed by atoms with Crippen molar-refractivity contribution in [1.82, 2.24) is 9.29 Å². The van der Waals surface area contributed by atoms with Gasteiger partial charge in [0.2, 0.25) is 10.0 Å². The van der Waals surface area contributed by atoms with Crippen LogP contribution in [0.1, 0.15) is 34.5 Å². The molecule has 32 heavy (non-hydrogen) atoms. The summed E-state index contributed by atoms with van der Waals surface area (Å²) in [5, 5.41) is 22.2. The highest BCUT2D eigenvalue weighted by Gasteiger charge is 2.36. The van der Waals surface area contributed by atoms with Gasteiger partial charge in [-0.1, -0.05) is 17.9 Å². The maximum atomic E-state index is 13.0. The van der Waals surface area contributed by atoms with Crippen LogP contribution in [0.3, 0.4) is 0 Å². The third-order valence-corrected chi connectivity index (χ3v) is 6.81. The van der Waals surface area contributed by atoms with Gasteiger partial charge < -0.3 is 19.7 Å². The number of aromatic nitrogens is 1. The number of hydrogen-bond acceptors (Lipinski definition) is 6. The Morgan fingerprint density at radius 3 is 2.84 bits per heavy atom. The Labute approximate surface area is 186 Å². The summed E-state index contributed by atoms with van der Waals surface area (Å²) in [4.78, 5) is 12.8. The molecule has 1 aromatic carbocycles. The fourth-order valence-corrected chi connectivity index (χ4v) is 4.76. The molecule has 2 aromatic rings. The maximum Gasteiger partial charge on any atom is 0.276 e. The van der Waals surface area contributed by atoms with Gasteiger partial charge in [-0.05, 0) is 37.5 Å². The number of nitrogens with zero attached hydrogens (tertiary/aromatic N) is 2. The predicted octanol–water partition coefficient (Wildman–Crippen LogP) is 1.27. The number of nitriles is 1. The number of fused-ring (bicyclic) bond motifs is 1. The number of anilines is 1. The first-order valence-corrected chi connectivity index (χ1v) is 11.5. The summed E-state index contributed by atoms with van der Waals surface area (Å²) >= 11 is 0. The van der Waals surface area contributed by atoms with Gasteiger partial charge in [0.25, 0.3) is 5.91 Å². The molecule has 1 fully saturated rings. The van der Waals surface area contributed by atoms with Gasteiger partial charge >= 0.3 is 0 Å². The van der Waals surface area contributed by atoms with Gasteiger partial charge in [0.05, 0.1) is 17.7 Å². The van der Waals surface area contributed by atoms with Gasteiger partial charge in [-0.2, -0.15) is 5.26 Å². The van der Waals surface area contributed by atoms with E-state index in [-0.39, 0.29) is 28.9 Å². The number of carbonyl (C=O) groups is 1. The minimum atomic E-state index is -4.07. The van der Waals surface area contributed by atoms with Gasteiger partial charge in [0.1, 0.15) is 17.6 Å². The molecule has 0 spiro atoms. The highest BCUT2D eigenvalue weighted by molar-refractivity contribution is 7.89. The molecule has 2 atom stereocenters. The largest absolute Gasteiger partial charge is 0.488 e. The van der Waals surface area contributed by atoms with Crippen LogP contribution in [0, 0.1) is 36.0 Å². The monoisotopic (exact) mass is 454 g/mol. The van der Waals surface area contributed by atoms with E-state index in [1.54, 1.807) is 25.1 Å². The normalized spacial score (nSPS) is 19.9. The number of nitrogens with one attached hydrogen (secondary N) is 2. The van der Waals surface area contributed by atoms with Crippen LogP contribution >= 0.6 is 0 Å². The van der Waals surface area contributed by atoms with Crippen molar-refractivity contribution in [1.29, 1.82) is 5.26 Å². The number of aliphatic hydroxyl groups excluding tert-OH is 1. The summed E-state index contributed by atoms with van der Waals surface area (Å²) in [6.45, 7) is 1.59. The average molecular weight is 455 g/mol. The Hall–Kier alpha value is -3.31. The highest BCUT2D eigenvalue weighted by Crippen LogP contribution is 2.33. The van der Waals surface area contributed by atoms with E-state index >= 15 is 0 Å². The lowest BCUT2D eigenvalue weighted by atomic mass is 10.1. The molecule has 2 heterocycles. The van der Waals surface area contributed by atoms with E-state index in [9.17, 15) is 23.6 Å². The van der Waals surface area contributed by atoms with Gasteiger partial charge in [0.15, 0.2) is 11.4 Å². The van der Waals surface area contributed by atoms with Crippen molar-refractivity contribution in [3.63, 3.8) is 0 Å². The molecule has 3 N–H and O–H groups in total. The number of carbonyl (C=O) groups excluding carboxylic acids is 1. The predicted molar refractivity (Wildman–Crippen MR) is 115 cm³/mol. The summed E-state index contributed by atoms with van der Waals surface area (Å²) in [7, 11) is -2.53. The number of sulfonamides is 1. The smallest absolute Gasteiger partial charge is 0.276 e. The number of rotatable bonds is 3. The number of amides is 1. The van der Waals surface area contributed by atoms with Gasteiger partial charge in [-0.25, -0.2) is 13.1 Å². The lowest BCUT2D eigenvalue weighted by molar-refractivity contribution is 0.101. The van der Waals surface area contributed by atoms with E-state index in [0.29, 0.717) is 11.3 Å². The fraction of sp³-hybridized carbons (Fsp3) is 0.364. The lowest BCUT2D eigenvalue weighted by Crippen LogP contribution is -2.45. The molecule has 0 unspecified atom stereocenters. The number of ether oxygens (including phenoxy) is 1. The van der Waals surface area contributed by atoms with E-state index in [1.165, 1.54) is 17.8 Å². The zero-order valence-corrected chi connectivity index (χ0v) is 18.4. The highest BCUT2D eigenvalue weighted by atomic mass is 32.2. The van der Waals surface area contributed by atoms with Crippen LogP contribution in [0.5, 0.6) is 5.75 Å². The second-order valence-electron chi connectivity index (χ2n) is 7.92. The van der Waals surface area contributed by atoms with Crippen LogP contribution in [0.2, 0.25) is 0 Å².